The van der Waals surface area contributed by atoms with Crippen molar-refractivity contribution >= 4 is 93.5 Å². The maximum atomic E-state index is 13.5. The summed E-state index contributed by atoms with van der Waals surface area (Å²) in [5.74, 6) is -4.82. The molecule has 7 heterocycles. The monoisotopic (exact) mass is 1190 g/mol. The highest BCUT2D eigenvalue weighted by Crippen LogP contribution is 2.22. The number of hydrogen-bond acceptors (Lipinski definition) is 15. The summed E-state index contributed by atoms with van der Waals surface area (Å²) < 4.78 is 10.4. The Morgan fingerprint density at radius 2 is 0.884 bits per heavy atom. The number of nitrogens with zero attached hydrogens (tertiary/aromatic N) is 11. The highest BCUT2D eigenvalue weighted by Gasteiger charge is 2.24. The largest absolute Gasteiger partial charge is 0.356 e. The van der Waals surface area contributed by atoms with E-state index in [1.54, 1.807) is 77.1 Å². The van der Waals surface area contributed by atoms with Gasteiger partial charge < -0.3 is 95.8 Å². The van der Waals surface area contributed by atoms with E-state index in [0.717, 1.165) is 13.0 Å². The molecule has 7 aromatic heterocycles. The van der Waals surface area contributed by atoms with E-state index in [2.05, 4.69) is 68.1 Å². The molecule has 7 aromatic rings. The van der Waals surface area contributed by atoms with Gasteiger partial charge in [-0.25, -0.2) is 15.0 Å². The van der Waals surface area contributed by atoms with Gasteiger partial charge in [-0.2, -0.15) is 0 Å². The minimum atomic E-state index is -1.09. The number of anilines is 6. The van der Waals surface area contributed by atoms with Crippen molar-refractivity contribution in [2.24, 2.45) is 55.1 Å². The average molecular weight is 1190 g/mol. The summed E-state index contributed by atoms with van der Waals surface area (Å²) in [7, 11) is 15.2. The predicted molar refractivity (Wildman–Crippen MR) is 315 cm³/mol. The first kappa shape index (κ1) is 63.0. The standard InChI is InChI=1S/C54H70N22O10/c1-69(2)19-10-14-56-42(77)12-16-58-48(80)36-21-32(26-71(36)4)62-50(82)38-23-34(28-73(38)6)64-51(83)39-24-33(27-74(39)7)63-49(81)37-22-31(25-72(37)5)61-47(79)35(55)11-15-59-53(85)45-67-41(30-75(45)8)68-54(86)46-66-40(29-76(46)9)65-43(78)13-17-60-52(84)44-57-18-20-70(44)3/h18,20-30,35H,10-17,19,55H2,1-9H3,(H,56,77)(H,58,80)(H,59,85)(H,60,84)(H,61,79)(H,62,82)(H,63,81)(H,64,83)(H,65,78)(H,68,86)/t35-/m1/s1. The molecule has 456 valence electrons. The number of amides is 10. The van der Waals surface area contributed by atoms with Crippen LogP contribution in [0.25, 0.3) is 0 Å². The van der Waals surface area contributed by atoms with Gasteiger partial charge in [0.05, 0.1) is 28.8 Å². The SMILES string of the molecule is CN(C)CCCNC(=O)CCNC(=O)c1cc(NC(=O)c2cc(NC(=O)c3cc(NC(=O)c4cc(NC(=O)[C@H](N)CCNC(=O)c5nc(NC(=O)c6nc(NC(=O)CCNC(=O)c7nccn7C)cn6C)cn5C)cn4C)cn3C)cn2C)cn1C. The van der Waals surface area contributed by atoms with Crippen molar-refractivity contribution in [2.75, 3.05) is 78.7 Å². The van der Waals surface area contributed by atoms with Crippen LogP contribution in [0.5, 0.6) is 0 Å². The van der Waals surface area contributed by atoms with Gasteiger partial charge in [0.15, 0.2) is 17.5 Å². The summed E-state index contributed by atoms with van der Waals surface area (Å²) in [4.78, 5) is 144. The van der Waals surface area contributed by atoms with Gasteiger partial charge in [-0.1, -0.05) is 0 Å². The third-order valence-corrected chi connectivity index (χ3v) is 13.1. The van der Waals surface area contributed by atoms with Crippen LogP contribution in [0.3, 0.4) is 0 Å². The summed E-state index contributed by atoms with van der Waals surface area (Å²) in [6, 6.07) is 4.81. The van der Waals surface area contributed by atoms with E-state index in [1.807, 2.05) is 19.0 Å². The van der Waals surface area contributed by atoms with Gasteiger partial charge in [0.1, 0.15) is 22.8 Å². The molecule has 0 saturated carbocycles. The maximum Gasteiger partial charge on any atom is 0.292 e. The summed E-state index contributed by atoms with van der Waals surface area (Å²) >= 11 is 0. The van der Waals surface area contributed by atoms with Crippen molar-refractivity contribution in [3.05, 3.63) is 114 Å². The van der Waals surface area contributed by atoms with E-state index in [4.69, 9.17) is 5.73 Å². The van der Waals surface area contributed by atoms with E-state index in [0.29, 0.717) is 17.9 Å². The molecule has 86 heavy (non-hydrogen) atoms. The molecule has 10 amide bonds. The molecule has 0 fully saturated rings. The van der Waals surface area contributed by atoms with Gasteiger partial charge >= 0.3 is 0 Å². The number of rotatable bonds is 27. The van der Waals surface area contributed by atoms with Gasteiger partial charge in [0.25, 0.3) is 41.4 Å². The van der Waals surface area contributed by atoms with Gasteiger partial charge in [-0.05, 0) is 57.7 Å². The van der Waals surface area contributed by atoms with E-state index in [1.165, 1.54) is 78.1 Å². The minimum absolute atomic E-state index is 0.00936. The van der Waals surface area contributed by atoms with Crippen LogP contribution in [-0.4, -0.2) is 164 Å². The molecule has 0 aromatic carbocycles. The van der Waals surface area contributed by atoms with Gasteiger partial charge in [-0.15, -0.1) is 0 Å². The van der Waals surface area contributed by atoms with Crippen LogP contribution in [0.2, 0.25) is 0 Å². The quantitative estimate of drug-likeness (QED) is 0.0308. The first-order valence-electron chi connectivity index (χ1n) is 26.9. The second-order valence-corrected chi connectivity index (χ2v) is 20.4. The van der Waals surface area contributed by atoms with E-state index in [-0.39, 0.29) is 108 Å². The van der Waals surface area contributed by atoms with E-state index >= 15 is 0 Å². The number of aromatic nitrogens is 10. The Bertz CT molecular complexity index is 3700. The first-order valence-corrected chi connectivity index (χ1v) is 26.9. The van der Waals surface area contributed by atoms with Crippen molar-refractivity contribution in [3.63, 3.8) is 0 Å². The molecule has 0 unspecified atom stereocenters. The molecule has 1 atom stereocenters. The summed E-state index contributed by atoms with van der Waals surface area (Å²) in [6.07, 6.45) is 13.0. The molecule has 0 spiro atoms. The minimum Gasteiger partial charge on any atom is -0.356 e. The molecule has 0 aliphatic carbocycles. The number of imidazole rings is 3. The van der Waals surface area contributed by atoms with Crippen LogP contribution >= 0.6 is 0 Å². The smallest absolute Gasteiger partial charge is 0.292 e. The number of carbonyl (C=O) groups excluding carboxylic acids is 10. The Balaban J connectivity index is 0.824. The third kappa shape index (κ3) is 16.6. The average Bonchev–Trinajstić information content (AvgIpc) is 2.76. The molecule has 0 aliphatic rings. The van der Waals surface area contributed by atoms with Crippen LogP contribution in [0, 0.1) is 0 Å². The number of hydrogen-bond donors (Lipinski definition) is 11. The molecule has 12 N–H and O–H groups in total. The van der Waals surface area contributed by atoms with Crippen LogP contribution in [0.4, 0.5) is 34.4 Å². The lowest BCUT2D eigenvalue weighted by Crippen LogP contribution is -2.39. The van der Waals surface area contributed by atoms with Crippen molar-refractivity contribution in [1.82, 2.24) is 73.1 Å². The summed E-state index contributed by atoms with van der Waals surface area (Å²) in [5.41, 5.74) is 8.17. The Kier molecular flexibility index (Phi) is 20.6. The fourth-order valence-corrected chi connectivity index (χ4v) is 8.70. The molecule has 32 heteroatoms. The fourth-order valence-electron chi connectivity index (χ4n) is 8.70. The van der Waals surface area contributed by atoms with Crippen molar-refractivity contribution < 1.29 is 47.9 Å². The van der Waals surface area contributed by atoms with E-state index < -0.39 is 59.2 Å². The lowest BCUT2D eigenvalue weighted by Gasteiger charge is -2.12. The van der Waals surface area contributed by atoms with Crippen LogP contribution in [0.1, 0.15) is 99.5 Å². The predicted octanol–water partition coefficient (Wildman–Crippen LogP) is 0.283. The normalized spacial score (nSPS) is 11.4. The van der Waals surface area contributed by atoms with Crippen LogP contribution in [-0.2, 0) is 63.7 Å². The lowest BCUT2D eigenvalue weighted by molar-refractivity contribution is -0.121. The Morgan fingerprint density at radius 3 is 1.37 bits per heavy atom. The number of nitrogens with one attached hydrogen (secondary N) is 10. The zero-order valence-electron chi connectivity index (χ0n) is 48.9. The number of carbonyl (C=O) groups is 10. The molecule has 0 bridgehead atoms. The summed E-state index contributed by atoms with van der Waals surface area (Å²) in [6.45, 7) is 1.51. The van der Waals surface area contributed by atoms with Crippen LogP contribution < -0.4 is 58.9 Å². The molecule has 0 saturated heterocycles. The molecule has 32 nitrogen and oxygen atoms in total. The molecule has 7 rings (SSSR count). The number of nitrogens with two attached hydrogens (primary N) is 1. The lowest BCUT2D eigenvalue weighted by atomic mass is 10.2. The fraction of sp³-hybridized carbons (Fsp3) is 0.352. The second kappa shape index (κ2) is 28.1. The molecule has 0 radical (unpaired) electrons. The van der Waals surface area contributed by atoms with Crippen molar-refractivity contribution in [3.8, 4) is 0 Å². The maximum absolute atomic E-state index is 13.5. The zero-order chi connectivity index (χ0) is 62.5. The number of aryl methyl sites for hydroxylation is 7. The Labute approximate surface area is 492 Å². The van der Waals surface area contributed by atoms with Gasteiger partial charge in [0, 0.05) is 138 Å². The summed E-state index contributed by atoms with van der Waals surface area (Å²) in [5, 5.41) is 27.0. The highest BCUT2D eigenvalue weighted by molar-refractivity contribution is 6.09. The molecular formula is C54H70N22O10. The van der Waals surface area contributed by atoms with E-state index in [9.17, 15) is 47.9 Å². The zero-order valence-corrected chi connectivity index (χ0v) is 48.9. The molecule has 0 aliphatic heterocycles. The first-order chi connectivity index (χ1) is 40.8. The molecular weight excluding hydrogens is 1120 g/mol. The van der Waals surface area contributed by atoms with Gasteiger partial charge in [0.2, 0.25) is 29.4 Å². The van der Waals surface area contributed by atoms with Crippen molar-refractivity contribution in [2.45, 2.75) is 31.7 Å². The Hall–Kier alpha value is -10.6. The van der Waals surface area contributed by atoms with Gasteiger partial charge in [-0.3, -0.25) is 47.9 Å². The highest BCUT2D eigenvalue weighted by atomic mass is 16.2. The Morgan fingerprint density at radius 1 is 0.453 bits per heavy atom. The second-order valence-electron chi connectivity index (χ2n) is 20.4. The topological polar surface area (TPSA) is 393 Å². The third-order valence-electron chi connectivity index (χ3n) is 13.1. The van der Waals surface area contributed by atoms with Crippen LogP contribution in [0.15, 0.2) is 73.8 Å². The van der Waals surface area contributed by atoms with Crippen molar-refractivity contribution in [1.29, 1.82) is 0 Å².